The Morgan fingerprint density at radius 2 is 1.88 bits per heavy atom. The quantitative estimate of drug-likeness (QED) is 0.579. The van der Waals surface area contributed by atoms with Crippen molar-refractivity contribution in [3.63, 3.8) is 0 Å². The maximum atomic E-state index is 13.6. The number of halogens is 3. The van der Waals surface area contributed by atoms with Gasteiger partial charge in [-0.2, -0.15) is 0 Å². The molecule has 26 heavy (non-hydrogen) atoms. The van der Waals surface area contributed by atoms with Crippen LogP contribution in [0.3, 0.4) is 0 Å². The molecule has 4 fully saturated rings. The number of esters is 1. The molecule has 4 nitrogen and oxygen atoms in total. The molecule has 4 saturated carbocycles. The van der Waals surface area contributed by atoms with Gasteiger partial charge in [0.1, 0.15) is 11.6 Å². The van der Waals surface area contributed by atoms with Crippen LogP contribution in [0.1, 0.15) is 38.5 Å². The number of rotatable bonds is 4. The first-order valence-corrected chi connectivity index (χ1v) is 9.67. The molecule has 1 aromatic rings. The van der Waals surface area contributed by atoms with E-state index < -0.39 is 29.6 Å². The fraction of sp³-hybridized carbons (Fsp3) is 0.579. The molecule has 0 aliphatic heterocycles. The normalized spacial score (nSPS) is 34.6. The summed E-state index contributed by atoms with van der Waals surface area (Å²) in [5, 5.41) is 2.25. The molecule has 0 radical (unpaired) electrons. The highest BCUT2D eigenvalue weighted by molar-refractivity contribution is 9.10. The van der Waals surface area contributed by atoms with Crippen LogP contribution in [0, 0.1) is 28.9 Å². The summed E-state index contributed by atoms with van der Waals surface area (Å²) in [4.78, 5) is 24.7. The average molecular weight is 428 g/mol. The van der Waals surface area contributed by atoms with Crippen molar-refractivity contribution < 1.29 is 23.1 Å². The van der Waals surface area contributed by atoms with Crippen LogP contribution in [-0.4, -0.2) is 22.8 Å². The molecule has 4 aliphatic rings. The molecule has 1 amide bonds. The lowest BCUT2D eigenvalue weighted by Crippen LogP contribution is -2.56. The van der Waals surface area contributed by atoms with Crippen molar-refractivity contribution in [3.05, 3.63) is 29.8 Å². The molecule has 0 heterocycles. The second-order valence-electron chi connectivity index (χ2n) is 8.14. The van der Waals surface area contributed by atoms with E-state index >= 15 is 0 Å². The first-order valence-electron chi connectivity index (χ1n) is 8.88. The standard InChI is InChI=1S/C19H20BrF2NO3/c20-19-7-11-3-12(8-19)6-18(5-11,10-19)17(25)26-9-16(24)23-15-4-13(21)1-2-14(15)22/h1-2,4,11-12H,3,5-10H2,(H,23,24)/t11-,12-,18?,19?/m1/s1. The van der Waals surface area contributed by atoms with E-state index in [9.17, 15) is 18.4 Å². The minimum absolute atomic E-state index is 0.0169. The Hall–Kier alpha value is -1.50. The SMILES string of the molecule is O=C(COC(=O)C12C[C@H]3C[C@@H](CC(Br)(C3)C1)C2)Nc1cc(F)ccc1F. The van der Waals surface area contributed by atoms with Crippen LogP contribution in [0.25, 0.3) is 0 Å². The predicted molar refractivity (Wildman–Crippen MR) is 94.7 cm³/mol. The highest BCUT2D eigenvalue weighted by Gasteiger charge is 2.60. The van der Waals surface area contributed by atoms with Gasteiger partial charge in [0.25, 0.3) is 5.91 Å². The maximum absolute atomic E-state index is 13.6. The van der Waals surface area contributed by atoms with Crippen LogP contribution in [0.5, 0.6) is 0 Å². The van der Waals surface area contributed by atoms with E-state index in [0.29, 0.717) is 11.8 Å². The number of anilines is 1. The van der Waals surface area contributed by atoms with Crippen LogP contribution in [0.2, 0.25) is 0 Å². The monoisotopic (exact) mass is 427 g/mol. The average Bonchev–Trinajstić information content (AvgIpc) is 2.53. The number of hydrogen-bond acceptors (Lipinski definition) is 3. The lowest BCUT2D eigenvalue weighted by Gasteiger charge is -2.58. The second kappa shape index (κ2) is 6.29. The zero-order valence-corrected chi connectivity index (χ0v) is 15.8. The van der Waals surface area contributed by atoms with E-state index in [1.165, 1.54) is 6.42 Å². The zero-order chi connectivity index (χ0) is 18.5. The van der Waals surface area contributed by atoms with Crippen LogP contribution in [0.15, 0.2) is 18.2 Å². The van der Waals surface area contributed by atoms with Gasteiger partial charge in [0.05, 0.1) is 11.1 Å². The Morgan fingerprint density at radius 1 is 1.19 bits per heavy atom. The number of carbonyl (C=O) groups is 2. The molecule has 0 saturated heterocycles. The molecule has 1 N–H and O–H groups in total. The third-order valence-corrected chi connectivity index (χ3v) is 6.89. The predicted octanol–water partition coefficient (Wildman–Crippen LogP) is 4.18. The van der Waals surface area contributed by atoms with Crippen LogP contribution in [0.4, 0.5) is 14.5 Å². The van der Waals surface area contributed by atoms with Gasteiger partial charge in [-0.25, -0.2) is 8.78 Å². The van der Waals surface area contributed by atoms with Crippen molar-refractivity contribution in [2.75, 3.05) is 11.9 Å². The molecule has 1 aromatic carbocycles. The first-order chi connectivity index (χ1) is 12.3. The summed E-state index contributed by atoms with van der Waals surface area (Å²) in [5.41, 5.74) is -0.780. The molecule has 0 unspecified atom stereocenters. The van der Waals surface area contributed by atoms with Crippen LogP contribution < -0.4 is 5.32 Å². The molecule has 0 spiro atoms. The molecule has 4 aliphatic carbocycles. The Balaban J connectivity index is 1.38. The van der Waals surface area contributed by atoms with Gasteiger partial charge in [0, 0.05) is 10.4 Å². The van der Waals surface area contributed by atoms with E-state index in [2.05, 4.69) is 21.2 Å². The minimum Gasteiger partial charge on any atom is -0.455 e. The molecule has 140 valence electrons. The summed E-state index contributed by atoms with van der Waals surface area (Å²) >= 11 is 3.84. The highest BCUT2D eigenvalue weighted by atomic mass is 79.9. The molecule has 2 atom stereocenters. The summed E-state index contributed by atoms with van der Waals surface area (Å²) in [6, 6.07) is 2.79. The Bertz CT molecular complexity index is 755. The summed E-state index contributed by atoms with van der Waals surface area (Å²) in [6.07, 6.45) is 5.73. The third-order valence-electron chi connectivity index (χ3n) is 5.96. The lowest BCUT2D eigenvalue weighted by molar-refractivity contribution is -0.170. The number of nitrogens with one attached hydrogen (secondary N) is 1. The summed E-state index contributed by atoms with van der Waals surface area (Å²) in [5.74, 6) is -1.37. The van der Waals surface area contributed by atoms with Crippen LogP contribution in [-0.2, 0) is 14.3 Å². The minimum atomic E-state index is -0.742. The lowest BCUT2D eigenvalue weighted by atomic mass is 9.49. The van der Waals surface area contributed by atoms with Gasteiger partial charge in [-0.15, -0.1) is 0 Å². The van der Waals surface area contributed by atoms with Crippen LogP contribution >= 0.6 is 15.9 Å². The molecule has 0 aromatic heterocycles. The van der Waals surface area contributed by atoms with Gasteiger partial charge in [-0.05, 0) is 62.5 Å². The first kappa shape index (κ1) is 17.9. The molecular formula is C19H20BrF2NO3. The van der Waals surface area contributed by atoms with E-state index in [4.69, 9.17) is 4.74 Å². The topological polar surface area (TPSA) is 55.4 Å². The number of ether oxygens (including phenoxy) is 1. The van der Waals surface area contributed by atoms with Crippen molar-refractivity contribution in [2.24, 2.45) is 17.3 Å². The van der Waals surface area contributed by atoms with E-state index in [1.807, 2.05) is 0 Å². The van der Waals surface area contributed by atoms with Gasteiger partial charge in [0.2, 0.25) is 0 Å². The van der Waals surface area contributed by atoms with Crippen molar-refractivity contribution >= 4 is 33.5 Å². The van der Waals surface area contributed by atoms with Gasteiger partial charge in [0.15, 0.2) is 6.61 Å². The van der Waals surface area contributed by atoms with Gasteiger partial charge in [-0.1, -0.05) is 15.9 Å². The van der Waals surface area contributed by atoms with Crippen molar-refractivity contribution in [3.8, 4) is 0 Å². The van der Waals surface area contributed by atoms with Gasteiger partial charge >= 0.3 is 5.97 Å². The van der Waals surface area contributed by atoms with E-state index in [-0.39, 0.29) is 16.0 Å². The van der Waals surface area contributed by atoms with Crippen molar-refractivity contribution in [1.82, 2.24) is 0 Å². The number of carbonyl (C=O) groups excluding carboxylic acids is 2. The summed E-state index contributed by atoms with van der Waals surface area (Å²) in [7, 11) is 0. The molecule has 5 rings (SSSR count). The van der Waals surface area contributed by atoms with Crippen molar-refractivity contribution in [1.29, 1.82) is 0 Å². The fourth-order valence-electron chi connectivity index (χ4n) is 5.45. The summed E-state index contributed by atoms with van der Waals surface area (Å²) < 4.78 is 32.0. The number of amides is 1. The number of hydrogen-bond donors (Lipinski definition) is 1. The highest BCUT2D eigenvalue weighted by Crippen LogP contribution is 2.64. The Morgan fingerprint density at radius 3 is 2.54 bits per heavy atom. The zero-order valence-electron chi connectivity index (χ0n) is 14.2. The van der Waals surface area contributed by atoms with E-state index in [1.54, 1.807) is 0 Å². The fourth-order valence-corrected chi connectivity index (χ4v) is 6.91. The Kier molecular flexibility index (Phi) is 4.33. The summed E-state index contributed by atoms with van der Waals surface area (Å²) in [6.45, 7) is -0.499. The van der Waals surface area contributed by atoms with Gasteiger partial charge in [-0.3, -0.25) is 9.59 Å². The second-order valence-corrected chi connectivity index (χ2v) is 9.82. The largest absolute Gasteiger partial charge is 0.455 e. The Labute approximate surface area is 158 Å². The maximum Gasteiger partial charge on any atom is 0.312 e. The number of benzene rings is 1. The number of alkyl halides is 1. The van der Waals surface area contributed by atoms with E-state index in [0.717, 1.165) is 50.3 Å². The third kappa shape index (κ3) is 3.26. The smallest absolute Gasteiger partial charge is 0.312 e. The molecule has 7 heteroatoms. The molecular weight excluding hydrogens is 408 g/mol. The van der Waals surface area contributed by atoms with Gasteiger partial charge < -0.3 is 10.1 Å². The molecule has 4 bridgehead atoms. The van der Waals surface area contributed by atoms with Crippen molar-refractivity contribution in [2.45, 2.75) is 42.8 Å².